The van der Waals surface area contributed by atoms with Crippen molar-refractivity contribution in [3.8, 4) is 11.5 Å². The summed E-state index contributed by atoms with van der Waals surface area (Å²) in [5.74, 6) is -0.983. The molecule has 0 saturated heterocycles. The van der Waals surface area contributed by atoms with Gasteiger partial charge in [0.25, 0.3) is 5.91 Å². The van der Waals surface area contributed by atoms with Crippen LogP contribution in [0.1, 0.15) is 49.3 Å². The Bertz CT molecular complexity index is 1010. The quantitative estimate of drug-likeness (QED) is 0.698. The largest absolute Gasteiger partial charge is 0.504 e. The first kappa shape index (κ1) is 21.0. The van der Waals surface area contributed by atoms with Crippen LogP contribution in [0.2, 0.25) is 0 Å². The smallest absolute Gasteiger partial charge is 0.290 e. The summed E-state index contributed by atoms with van der Waals surface area (Å²) in [6, 6.07) is 13.8. The minimum absolute atomic E-state index is 0.0386. The van der Waals surface area contributed by atoms with Gasteiger partial charge in [-0.2, -0.15) is 0 Å². The average Bonchev–Trinajstić information content (AvgIpc) is 3.39. The average molecular weight is 421 g/mol. The lowest BCUT2D eigenvalue weighted by molar-refractivity contribution is -0.131. The highest BCUT2D eigenvalue weighted by atomic mass is 16.5. The number of benzene rings is 2. The third kappa shape index (κ3) is 4.02. The molecule has 1 aliphatic carbocycles. The lowest BCUT2D eigenvalue weighted by Gasteiger charge is -2.32. The van der Waals surface area contributed by atoms with Gasteiger partial charge in [0.1, 0.15) is 0 Å². The van der Waals surface area contributed by atoms with E-state index in [1.165, 1.54) is 13.2 Å². The zero-order valence-corrected chi connectivity index (χ0v) is 17.6. The molecule has 2 aromatic carbocycles. The van der Waals surface area contributed by atoms with Gasteiger partial charge >= 0.3 is 0 Å². The Balaban J connectivity index is 1.69. The van der Waals surface area contributed by atoms with E-state index in [1.54, 1.807) is 17.0 Å². The zero-order valence-electron chi connectivity index (χ0n) is 17.6. The fourth-order valence-electron chi connectivity index (χ4n) is 4.71. The second kappa shape index (κ2) is 8.84. The monoisotopic (exact) mass is 421 g/mol. The van der Waals surface area contributed by atoms with Crippen LogP contribution in [0, 0.1) is 0 Å². The van der Waals surface area contributed by atoms with Crippen LogP contribution in [0.3, 0.4) is 0 Å². The molecule has 2 aliphatic rings. The summed E-state index contributed by atoms with van der Waals surface area (Å²) >= 11 is 0. The number of aromatic hydroxyl groups is 1. The number of ketones is 1. The molecular weight excluding hydrogens is 394 g/mol. The molecular formula is C25H27NO5. The van der Waals surface area contributed by atoms with Gasteiger partial charge in [-0.15, -0.1) is 0 Å². The highest BCUT2D eigenvalue weighted by molar-refractivity contribution is 6.09. The number of nitrogens with zero attached hydrogens (tertiary/aromatic N) is 1. The summed E-state index contributed by atoms with van der Waals surface area (Å²) in [6.45, 7) is 0. The summed E-state index contributed by atoms with van der Waals surface area (Å²) in [5.41, 5.74) is 1.73. The number of aliphatic hydroxyl groups excluding tert-OH is 1. The summed E-state index contributed by atoms with van der Waals surface area (Å²) in [4.78, 5) is 27.9. The van der Waals surface area contributed by atoms with Crippen molar-refractivity contribution in [2.24, 2.45) is 0 Å². The van der Waals surface area contributed by atoms with Crippen molar-refractivity contribution in [3.63, 3.8) is 0 Å². The second-order valence-corrected chi connectivity index (χ2v) is 8.16. The third-order valence-electron chi connectivity index (χ3n) is 6.26. The molecule has 4 rings (SSSR count). The van der Waals surface area contributed by atoms with E-state index in [-0.39, 0.29) is 29.6 Å². The summed E-state index contributed by atoms with van der Waals surface area (Å²) in [7, 11) is 1.46. The lowest BCUT2D eigenvalue weighted by Crippen LogP contribution is -2.38. The predicted octanol–water partition coefficient (Wildman–Crippen LogP) is 4.24. The molecule has 2 N–H and O–H groups in total. The van der Waals surface area contributed by atoms with Gasteiger partial charge in [-0.25, -0.2) is 0 Å². The van der Waals surface area contributed by atoms with Crippen molar-refractivity contribution in [2.45, 2.75) is 50.6 Å². The number of phenols is 1. The molecule has 1 unspecified atom stereocenters. The zero-order chi connectivity index (χ0) is 22.0. The van der Waals surface area contributed by atoms with Crippen LogP contribution < -0.4 is 4.74 Å². The number of rotatable bonds is 7. The van der Waals surface area contributed by atoms with Gasteiger partial charge < -0.3 is 19.8 Å². The Kier molecular flexibility index (Phi) is 5.98. The van der Waals surface area contributed by atoms with E-state index < -0.39 is 17.7 Å². The molecule has 1 aliphatic heterocycles. The van der Waals surface area contributed by atoms with Crippen molar-refractivity contribution in [1.82, 2.24) is 4.90 Å². The number of carbonyl (C=O) groups is 2. The number of phenolic OH excluding ortho intramolecular Hbond substituents is 1. The highest BCUT2D eigenvalue weighted by Gasteiger charge is 2.46. The Labute approximate surface area is 181 Å². The van der Waals surface area contributed by atoms with E-state index in [9.17, 15) is 19.8 Å². The second-order valence-electron chi connectivity index (χ2n) is 8.16. The standard InChI is InChI=1S/C25H27NO5/c1-31-21-14-12-17(15-20(21)28)23-22(19(27)13-11-16-7-3-2-4-8-16)24(29)25(30)26(23)18-9-5-6-10-18/h2-4,7-8,12,14-15,18,23,28-29H,5-6,9-11,13H2,1H3. The maximum atomic E-state index is 13.2. The molecule has 1 fully saturated rings. The maximum absolute atomic E-state index is 13.2. The first-order valence-corrected chi connectivity index (χ1v) is 10.7. The van der Waals surface area contributed by atoms with E-state index in [4.69, 9.17) is 4.74 Å². The lowest BCUT2D eigenvalue weighted by atomic mass is 9.92. The van der Waals surface area contributed by atoms with Crippen LogP contribution in [-0.4, -0.2) is 40.0 Å². The summed E-state index contributed by atoms with van der Waals surface area (Å²) in [5, 5.41) is 21.1. The molecule has 1 saturated carbocycles. The van der Waals surface area contributed by atoms with E-state index in [0.717, 1.165) is 31.2 Å². The Morgan fingerprint density at radius 3 is 2.45 bits per heavy atom. The van der Waals surface area contributed by atoms with E-state index in [1.807, 2.05) is 30.3 Å². The molecule has 1 amide bonds. The molecule has 162 valence electrons. The molecule has 2 aromatic rings. The fraction of sp³-hybridized carbons (Fsp3) is 0.360. The van der Waals surface area contributed by atoms with Gasteiger partial charge in [-0.1, -0.05) is 49.2 Å². The molecule has 6 heteroatoms. The topological polar surface area (TPSA) is 87.1 Å². The van der Waals surface area contributed by atoms with Gasteiger partial charge in [0.15, 0.2) is 23.0 Å². The molecule has 31 heavy (non-hydrogen) atoms. The first-order chi connectivity index (χ1) is 15.0. The predicted molar refractivity (Wildman–Crippen MR) is 116 cm³/mol. The van der Waals surface area contributed by atoms with Crippen molar-refractivity contribution < 1.29 is 24.5 Å². The molecule has 6 nitrogen and oxygen atoms in total. The number of carbonyl (C=O) groups excluding carboxylic acids is 2. The molecule has 0 bridgehead atoms. The van der Waals surface area contributed by atoms with Crippen molar-refractivity contribution in [3.05, 3.63) is 71.0 Å². The number of Topliss-reactive ketones (excluding diaryl/α,β-unsaturated/α-hetero) is 1. The molecule has 0 aromatic heterocycles. The van der Waals surface area contributed by atoms with Crippen molar-refractivity contribution >= 4 is 11.7 Å². The number of aliphatic hydroxyl groups is 1. The number of ether oxygens (including phenoxy) is 1. The van der Waals surface area contributed by atoms with Crippen LogP contribution in [0.25, 0.3) is 0 Å². The van der Waals surface area contributed by atoms with Crippen LogP contribution >= 0.6 is 0 Å². The third-order valence-corrected chi connectivity index (χ3v) is 6.26. The van der Waals surface area contributed by atoms with Crippen LogP contribution in [-0.2, 0) is 16.0 Å². The number of hydrogen-bond acceptors (Lipinski definition) is 5. The summed E-state index contributed by atoms with van der Waals surface area (Å²) in [6.07, 6.45) is 4.40. The van der Waals surface area contributed by atoms with Crippen molar-refractivity contribution in [2.75, 3.05) is 7.11 Å². The number of methoxy groups -OCH3 is 1. The van der Waals surface area contributed by atoms with Gasteiger partial charge in [0.05, 0.1) is 18.7 Å². The minimum Gasteiger partial charge on any atom is -0.504 e. The summed E-state index contributed by atoms with van der Waals surface area (Å²) < 4.78 is 5.13. The number of aryl methyl sites for hydroxylation is 1. The van der Waals surface area contributed by atoms with Gasteiger partial charge in [-0.3, -0.25) is 9.59 Å². The first-order valence-electron chi connectivity index (χ1n) is 10.7. The number of amides is 1. The maximum Gasteiger partial charge on any atom is 0.290 e. The Morgan fingerprint density at radius 1 is 1.10 bits per heavy atom. The molecule has 1 heterocycles. The highest BCUT2D eigenvalue weighted by Crippen LogP contribution is 2.44. The molecule has 0 spiro atoms. The SMILES string of the molecule is COc1ccc(C2C(C(=O)CCc3ccccc3)=C(O)C(=O)N2C2CCCC2)cc1O. The van der Waals surface area contributed by atoms with E-state index in [2.05, 4.69) is 0 Å². The van der Waals surface area contributed by atoms with E-state index >= 15 is 0 Å². The fourth-order valence-corrected chi connectivity index (χ4v) is 4.71. The minimum atomic E-state index is -0.712. The van der Waals surface area contributed by atoms with Crippen LogP contribution in [0.5, 0.6) is 11.5 Å². The Morgan fingerprint density at radius 2 is 1.81 bits per heavy atom. The molecule has 1 atom stereocenters. The normalized spacial score (nSPS) is 19.3. The van der Waals surface area contributed by atoms with Gasteiger partial charge in [0.2, 0.25) is 0 Å². The Hall–Kier alpha value is -3.28. The molecule has 0 radical (unpaired) electrons. The van der Waals surface area contributed by atoms with Crippen LogP contribution in [0.15, 0.2) is 59.9 Å². The van der Waals surface area contributed by atoms with Gasteiger partial charge in [-0.05, 0) is 42.5 Å². The van der Waals surface area contributed by atoms with E-state index in [0.29, 0.717) is 17.7 Å². The van der Waals surface area contributed by atoms with Crippen LogP contribution in [0.4, 0.5) is 0 Å². The number of hydrogen-bond donors (Lipinski definition) is 2. The van der Waals surface area contributed by atoms with Gasteiger partial charge in [0, 0.05) is 12.5 Å². The van der Waals surface area contributed by atoms with Crippen molar-refractivity contribution in [1.29, 1.82) is 0 Å².